The van der Waals surface area contributed by atoms with Gasteiger partial charge in [-0.3, -0.25) is 39.1 Å². The van der Waals surface area contributed by atoms with E-state index in [0.717, 1.165) is 64.5 Å². The van der Waals surface area contributed by atoms with Gasteiger partial charge in [0.25, 0.3) is 17.4 Å². The van der Waals surface area contributed by atoms with Crippen LogP contribution in [-0.4, -0.2) is 103 Å². The molecule has 0 spiro atoms. The highest BCUT2D eigenvalue weighted by Crippen LogP contribution is 2.42. The molecule has 0 radical (unpaired) electrons. The number of carbonyl (C=O) groups excluding carboxylic acids is 4. The number of fused-ring (bicyclic) bond motifs is 3. The Balaban J connectivity index is 0.991. The van der Waals surface area contributed by atoms with Gasteiger partial charge < -0.3 is 23.8 Å². The SMILES string of the molecule is COc1cc(-c2cn(C)c(=O)c3cnc(N(C)C)cc23)cc(OC)c1CN1CCC2C(C1)CN2c1ccc2c(c1)C(=O)N(C1CCC(=O)NC1=O)C2=O. The summed E-state index contributed by atoms with van der Waals surface area (Å²) in [6.07, 6.45) is 4.59. The Kier molecular flexibility index (Phi) is 8.44. The summed E-state index contributed by atoms with van der Waals surface area (Å²) in [7, 11) is 8.88. The number of aromatic nitrogens is 2. The lowest BCUT2D eigenvalue weighted by atomic mass is 9.81. The van der Waals surface area contributed by atoms with Crippen molar-refractivity contribution in [1.29, 1.82) is 0 Å². The van der Waals surface area contributed by atoms with Gasteiger partial charge in [0, 0.05) is 94.7 Å². The van der Waals surface area contributed by atoms with Crippen molar-refractivity contribution in [3.8, 4) is 22.6 Å². The molecule has 4 aliphatic rings. The summed E-state index contributed by atoms with van der Waals surface area (Å²) in [5.74, 6) is 0.532. The van der Waals surface area contributed by atoms with Crippen molar-refractivity contribution in [3.05, 3.63) is 75.8 Å². The smallest absolute Gasteiger partial charge is 0.262 e. The molecular weight excluding hydrogens is 678 g/mol. The number of ether oxygens (including phenoxy) is 2. The van der Waals surface area contributed by atoms with Crippen molar-refractivity contribution < 1.29 is 28.7 Å². The molecule has 3 unspecified atom stereocenters. The summed E-state index contributed by atoms with van der Waals surface area (Å²) in [4.78, 5) is 75.9. The van der Waals surface area contributed by atoms with Crippen LogP contribution in [0.1, 0.15) is 45.5 Å². The number of pyridine rings is 2. The number of carbonyl (C=O) groups is 4. The van der Waals surface area contributed by atoms with Crippen molar-refractivity contribution in [2.24, 2.45) is 13.0 Å². The van der Waals surface area contributed by atoms with Crippen molar-refractivity contribution in [3.63, 3.8) is 0 Å². The van der Waals surface area contributed by atoms with Gasteiger partial charge in [-0.1, -0.05) is 0 Å². The summed E-state index contributed by atoms with van der Waals surface area (Å²) in [6.45, 7) is 3.13. The summed E-state index contributed by atoms with van der Waals surface area (Å²) in [5.41, 5.74) is 4.01. The fourth-order valence-electron chi connectivity index (χ4n) is 8.36. The van der Waals surface area contributed by atoms with Gasteiger partial charge >= 0.3 is 0 Å². The maximum Gasteiger partial charge on any atom is 0.262 e. The average Bonchev–Trinajstić information content (AvgIpc) is 3.38. The Labute approximate surface area is 305 Å². The molecule has 3 saturated heterocycles. The monoisotopic (exact) mass is 719 g/mol. The molecule has 14 nitrogen and oxygen atoms in total. The third kappa shape index (κ3) is 5.68. The van der Waals surface area contributed by atoms with Crippen LogP contribution in [0.2, 0.25) is 0 Å². The number of nitrogens with one attached hydrogen (secondary N) is 1. The van der Waals surface area contributed by atoms with Crippen LogP contribution in [0.3, 0.4) is 0 Å². The van der Waals surface area contributed by atoms with Gasteiger partial charge in [0.2, 0.25) is 11.8 Å². The number of likely N-dealkylation sites (tertiary alicyclic amines) is 1. The van der Waals surface area contributed by atoms with Crippen molar-refractivity contribution in [2.75, 3.05) is 57.7 Å². The Hall–Kier alpha value is -5.76. The Morgan fingerprint density at radius 3 is 2.30 bits per heavy atom. The highest BCUT2D eigenvalue weighted by molar-refractivity contribution is 6.23. The topological polar surface area (TPSA) is 147 Å². The van der Waals surface area contributed by atoms with Crippen molar-refractivity contribution in [2.45, 2.75) is 37.9 Å². The first-order chi connectivity index (χ1) is 25.5. The fourth-order valence-corrected chi connectivity index (χ4v) is 8.36. The molecule has 0 bridgehead atoms. The molecule has 4 aliphatic heterocycles. The Morgan fingerprint density at radius 1 is 0.887 bits per heavy atom. The van der Waals surface area contributed by atoms with E-state index in [9.17, 15) is 24.0 Å². The summed E-state index contributed by atoms with van der Waals surface area (Å²) < 4.78 is 13.5. The molecule has 0 aliphatic carbocycles. The molecule has 14 heteroatoms. The second kappa shape index (κ2) is 13.0. The number of benzene rings is 2. The van der Waals surface area contributed by atoms with E-state index >= 15 is 0 Å². The van der Waals surface area contributed by atoms with Gasteiger partial charge in [-0.2, -0.15) is 0 Å². The maximum atomic E-state index is 13.4. The van der Waals surface area contributed by atoms with Gasteiger partial charge in [0.1, 0.15) is 23.4 Å². The molecule has 3 atom stereocenters. The number of imide groups is 2. The number of anilines is 2. The van der Waals surface area contributed by atoms with Crippen LogP contribution < -0.4 is 30.1 Å². The molecule has 2 aromatic carbocycles. The normalized spacial score (nSPS) is 21.3. The highest BCUT2D eigenvalue weighted by atomic mass is 16.5. The summed E-state index contributed by atoms with van der Waals surface area (Å²) in [5, 5.41) is 3.57. The van der Waals surface area contributed by atoms with Crippen LogP contribution in [0.4, 0.5) is 11.5 Å². The molecule has 4 amide bonds. The number of hydrogen-bond donors (Lipinski definition) is 1. The van der Waals surface area contributed by atoms with Gasteiger partial charge in [0.05, 0.1) is 36.3 Å². The van der Waals surface area contributed by atoms with Crippen LogP contribution in [-0.2, 0) is 23.2 Å². The van der Waals surface area contributed by atoms with Crippen molar-refractivity contribution in [1.82, 2.24) is 24.7 Å². The zero-order valence-electron chi connectivity index (χ0n) is 30.3. The van der Waals surface area contributed by atoms with Crippen LogP contribution in [0.15, 0.2) is 53.6 Å². The summed E-state index contributed by atoms with van der Waals surface area (Å²) in [6, 6.07) is 10.6. The van der Waals surface area contributed by atoms with E-state index < -0.39 is 29.7 Å². The molecule has 4 aromatic rings. The molecule has 8 rings (SSSR count). The highest BCUT2D eigenvalue weighted by Gasteiger charge is 2.47. The van der Waals surface area contributed by atoms with E-state index in [1.54, 1.807) is 44.2 Å². The molecule has 1 N–H and O–H groups in total. The molecule has 6 heterocycles. The predicted molar refractivity (Wildman–Crippen MR) is 197 cm³/mol. The van der Waals surface area contributed by atoms with Crippen LogP contribution >= 0.6 is 0 Å². The first kappa shape index (κ1) is 34.3. The second-order valence-corrected chi connectivity index (χ2v) is 14.5. The molecule has 53 heavy (non-hydrogen) atoms. The lowest BCUT2D eigenvalue weighted by molar-refractivity contribution is -0.136. The van der Waals surface area contributed by atoms with E-state index in [1.807, 2.05) is 49.5 Å². The summed E-state index contributed by atoms with van der Waals surface area (Å²) >= 11 is 0. The number of amides is 4. The largest absolute Gasteiger partial charge is 0.496 e. The number of nitrogens with zero attached hydrogens (tertiary/aromatic N) is 6. The molecule has 3 fully saturated rings. The lowest BCUT2D eigenvalue weighted by Crippen LogP contribution is -2.63. The minimum Gasteiger partial charge on any atom is -0.496 e. The van der Waals surface area contributed by atoms with E-state index in [0.29, 0.717) is 34.9 Å². The Morgan fingerprint density at radius 2 is 1.62 bits per heavy atom. The van der Waals surface area contributed by atoms with E-state index in [4.69, 9.17) is 9.47 Å². The molecule has 2 aromatic heterocycles. The van der Waals surface area contributed by atoms with Gasteiger partial charge in [-0.05, 0) is 54.8 Å². The number of hydrogen-bond acceptors (Lipinski definition) is 11. The van der Waals surface area contributed by atoms with E-state index in [-0.39, 0.29) is 30.0 Å². The Bertz CT molecular complexity index is 2260. The fraction of sp³-hybridized carbons (Fsp3) is 0.385. The van der Waals surface area contributed by atoms with E-state index in [1.165, 1.54) is 0 Å². The molecule has 274 valence electrons. The molecular formula is C39H41N7O7. The third-order valence-corrected chi connectivity index (χ3v) is 11.2. The van der Waals surface area contributed by atoms with Crippen LogP contribution in [0, 0.1) is 5.92 Å². The zero-order chi connectivity index (χ0) is 37.3. The van der Waals surface area contributed by atoms with Crippen LogP contribution in [0.25, 0.3) is 21.9 Å². The first-order valence-electron chi connectivity index (χ1n) is 17.7. The van der Waals surface area contributed by atoms with Gasteiger partial charge in [0.15, 0.2) is 0 Å². The first-order valence-corrected chi connectivity index (χ1v) is 17.7. The number of piperidine rings is 2. The van der Waals surface area contributed by atoms with E-state index in [2.05, 4.69) is 20.1 Å². The standard InChI is InChI=1S/C39H41N7O7/c1-42(2)34-15-25-27(16-40-34)37(49)43(3)19-28(25)21-12-32(52-4)29(33(13-21)53-5)20-44-11-10-30-22(17-44)18-45(30)23-6-7-24-26(14-23)39(51)46(38(24)50)31-8-9-35(47)41-36(31)48/h6-7,12-16,19,22,30-31H,8-11,17-18,20H2,1-5H3,(H,41,47,48). The lowest BCUT2D eigenvalue weighted by Gasteiger charge is -2.54. The number of rotatable bonds is 8. The minimum absolute atomic E-state index is 0.0815. The number of methoxy groups -OCH3 is 2. The third-order valence-electron chi connectivity index (χ3n) is 11.2. The second-order valence-electron chi connectivity index (χ2n) is 14.5. The van der Waals surface area contributed by atoms with Gasteiger partial charge in [-0.25, -0.2) is 4.98 Å². The van der Waals surface area contributed by atoms with Crippen molar-refractivity contribution >= 4 is 45.9 Å². The number of aryl methyl sites for hydroxylation is 1. The predicted octanol–water partition coefficient (Wildman–Crippen LogP) is 2.80. The maximum absolute atomic E-state index is 13.4. The quantitative estimate of drug-likeness (QED) is 0.268. The van der Waals surface area contributed by atoms with Crippen LogP contribution in [0.5, 0.6) is 11.5 Å². The zero-order valence-corrected chi connectivity index (χ0v) is 30.3. The molecule has 0 saturated carbocycles. The average molecular weight is 720 g/mol. The minimum atomic E-state index is -0.989. The van der Waals surface area contributed by atoms with Gasteiger partial charge in [-0.15, -0.1) is 0 Å².